The molecule has 2 amide bonds. The van der Waals surface area contributed by atoms with Crippen LogP contribution in [0.4, 0.5) is 23.1 Å². The highest BCUT2D eigenvalue weighted by atomic mass is 32.1. The molecule has 130 valence electrons. The van der Waals surface area contributed by atoms with Crippen molar-refractivity contribution < 1.29 is 18.0 Å². The molecule has 1 N–H and O–H groups in total. The molecule has 3 rings (SSSR count). The van der Waals surface area contributed by atoms with Gasteiger partial charge in [-0.3, -0.25) is 5.32 Å². The molecule has 3 heterocycles. The van der Waals surface area contributed by atoms with Crippen molar-refractivity contribution in [2.45, 2.75) is 32.0 Å². The van der Waals surface area contributed by atoms with Gasteiger partial charge in [0.2, 0.25) is 5.13 Å². The van der Waals surface area contributed by atoms with Gasteiger partial charge >= 0.3 is 12.2 Å². The monoisotopic (exact) mass is 376 g/mol. The van der Waals surface area contributed by atoms with Crippen molar-refractivity contribution >= 4 is 33.8 Å². The predicted molar refractivity (Wildman–Crippen MR) is 87.2 cm³/mol. The number of hydrogen-bond acceptors (Lipinski definition) is 5. The SMILES string of the molecule is CC1(C)[C@H](C(F)(F)F)CCN1C(=O)Nc1nnc(-c2ccsc2)s1. The number of carbonyl (C=O) groups is 1. The van der Waals surface area contributed by atoms with E-state index in [1.54, 1.807) is 0 Å². The Bertz CT molecular complexity index is 727. The van der Waals surface area contributed by atoms with E-state index < -0.39 is 23.7 Å². The molecule has 1 aliphatic rings. The minimum absolute atomic E-state index is 0.0548. The quantitative estimate of drug-likeness (QED) is 0.842. The lowest BCUT2D eigenvalue weighted by atomic mass is 9.88. The Morgan fingerprint density at radius 3 is 2.75 bits per heavy atom. The average Bonchev–Trinajstić information content (AvgIpc) is 3.15. The van der Waals surface area contributed by atoms with Crippen molar-refractivity contribution in [2.24, 2.45) is 5.92 Å². The first kappa shape index (κ1) is 17.2. The first-order valence-corrected chi connectivity index (χ1v) is 8.97. The van der Waals surface area contributed by atoms with E-state index in [1.807, 2.05) is 16.8 Å². The van der Waals surface area contributed by atoms with E-state index in [0.717, 1.165) is 5.56 Å². The number of aromatic nitrogens is 2. The minimum atomic E-state index is -4.33. The molecule has 24 heavy (non-hydrogen) atoms. The summed E-state index contributed by atoms with van der Waals surface area (Å²) in [6.45, 7) is 2.93. The summed E-state index contributed by atoms with van der Waals surface area (Å²) in [4.78, 5) is 13.6. The lowest BCUT2D eigenvalue weighted by Gasteiger charge is -2.36. The first-order chi connectivity index (χ1) is 11.2. The minimum Gasteiger partial charge on any atom is -0.319 e. The topological polar surface area (TPSA) is 58.1 Å². The van der Waals surface area contributed by atoms with Crippen molar-refractivity contribution in [2.75, 3.05) is 11.9 Å². The van der Waals surface area contributed by atoms with Crippen molar-refractivity contribution in [3.8, 4) is 10.6 Å². The van der Waals surface area contributed by atoms with Gasteiger partial charge in [-0.1, -0.05) is 11.3 Å². The van der Waals surface area contributed by atoms with Gasteiger partial charge in [-0.05, 0) is 31.7 Å². The molecule has 5 nitrogen and oxygen atoms in total. The van der Waals surface area contributed by atoms with Gasteiger partial charge in [0.25, 0.3) is 0 Å². The van der Waals surface area contributed by atoms with Crippen LogP contribution in [0.15, 0.2) is 16.8 Å². The zero-order valence-electron chi connectivity index (χ0n) is 12.9. The number of carbonyl (C=O) groups excluding carboxylic acids is 1. The van der Waals surface area contributed by atoms with Gasteiger partial charge in [-0.15, -0.1) is 10.2 Å². The second kappa shape index (κ2) is 5.99. The van der Waals surface area contributed by atoms with Crippen molar-refractivity contribution in [3.63, 3.8) is 0 Å². The van der Waals surface area contributed by atoms with E-state index >= 15 is 0 Å². The van der Waals surface area contributed by atoms with Crippen molar-refractivity contribution in [1.82, 2.24) is 15.1 Å². The van der Waals surface area contributed by atoms with Crippen LogP contribution in [0.1, 0.15) is 20.3 Å². The number of hydrogen-bond donors (Lipinski definition) is 1. The summed E-state index contributed by atoms with van der Waals surface area (Å²) in [5, 5.41) is 15.2. The molecular formula is C14H15F3N4OS2. The smallest absolute Gasteiger partial charge is 0.319 e. The maximum Gasteiger partial charge on any atom is 0.394 e. The molecule has 1 atom stereocenters. The zero-order chi connectivity index (χ0) is 17.5. The third-order valence-corrected chi connectivity index (χ3v) is 5.81. The second-order valence-corrected chi connectivity index (χ2v) is 7.80. The van der Waals surface area contributed by atoms with E-state index in [2.05, 4.69) is 15.5 Å². The highest BCUT2D eigenvalue weighted by molar-refractivity contribution is 7.19. The highest BCUT2D eigenvalue weighted by Gasteiger charge is 2.56. The van der Waals surface area contributed by atoms with E-state index in [9.17, 15) is 18.0 Å². The summed E-state index contributed by atoms with van der Waals surface area (Å²) in [5.74, 6) is -1.54. The van der Waals surface area contributed by atoms with Crippen LogP contribution in [0.5, 0.6) is 0 Å². The highest BCUT2D eigenvalue weighted by Crippen LogP contribution is 2.44. The van der Waals surface area contributed by atoms with Gasteiger partial charge in [-0.2, -0.15) is 24.5 Å². The largest absolute Gasteiger partial charge is 0.394 e. The van der Waals surface area contributed by atoms with Gasteiger partial charge < -0.3 is 4.90 Å². The summed E-state index contributed by atoms with van der Waals surface area (Å²) >= 11 is 2.70. The van der Waals surface area contributed by atoms with E-state index in [-0.39, 0.29) is 18.1 Å². The number of urea groups is 1. The van der Waals surface area contributed by atoms with Crippen LogP contribution in [-0.2, 0) is 0 Å². The fourth-order valence-corrected chi connectivity index (χ4v) is 4.40. The molecule has 2 aromatic rings. The lowest BCUT2D eigenvalue weighted by Crippen LogP contribution is -2.51. The average molecular weight is 376 g/mol. The zero-order valence-corrected chi connectivity index (χ0v) is 14.6. The predicted octanol–water partition coefficient (Wildman–Crippen LogP) is 4.46. The number of anilines is 1. The van der Waals surface area contributed by atoms with E-state index in [1.165, 1.54) is 41.4 Å². The van der Waals surface area contributed by atoms with Gasteiger partial charge in [-0.25, -0.2) is 4.79 Å². The summed E-state index contributed by atoms with van der Waals surface area (Å²) < 4.78 is 39.3. The van der Waals surface area contributed by atoms with Crippen LogP contribution >= 0.6 is 22.7 Å². The summed E-state index contributed by atoms with van der Waals surface area (Å²) in [6.07, 6.45) is -4.42. The molecule has 0 bridgehead atoms. The Kier molecular flexibility index (Phi) is 4.28. The number of thiophene rings is 1. The standard InChI is InChI=1S/C14H15F3N4OS2/c1-13(2)9(14(15,16)17)3-5-21(13)12(22)18-11-20-19-10(24-11)8-4-6-23-7-8/h4,6-7,9H,3,5H2,1-2H3,(H,18,20,22)/t9-/m1/s1. The third kappa shape index (κ3) is 3.12. The van der Waals surface area contributed by atoms with Crippen molar-refractivity contribution in [1.29, 1.82) is 0 Å². The Morgan fingerprint density at radius 1 is 1.42 bits per heavy atom. The molecule has 1 saturated heterocycles. The number of alkyl halides is 3. The normalized spacial score (nSPS) is 20.4. The van der Waals surface area contributed by atoms with E-state index in [0.29, 0.717) is 5.01 Å². The van der Waals surface area contributed by atoms with Crippen LogP contribution in [0.3, 0.4) is 0 Å². The summed E-state index contributed by atoms with van der Waals surface area (Å²) in [6, 6.07) is 1.30. The molecule has 0 unspecified atom stereocenters. The molecule has 0 spiro atoms. The molecule has 0 saturated carbocycles. The molecule has 1 fully saturated rings. The molecule has 2 aromatic heterocycles. The van der Waals surface area contributed by atoms with Gasteiger partial charge in [0.15, 0.2) is 0 Å². The van der Waals surface area contributed by atoms with Crippen LogP contribution in [0, 0.1) is 5.92 Å². The molecule has 10 heteroatoms. The molecule has 0 radical (unpaired) electrons. The molecular weight excluding hydrogens is 361 g/mol. The fraction of sp³-hybridized carbons (Fsp3) is 0.500. The van der Waals surface area contributed by atoms with Crippen LogP contribution in [0.2, 0.25) is 0 Å². The number of likely N-dealkylation sites (tertiary alicyclic amines) is 1. The Hall–Kier alpha value is -1.68. The molecule has 0 aliphatic carbocycles. The Labute approximate surface area is 144 Å². The number of rotatable bonds is 2. The number of nitrogens with one attached hydrogen (secondary N) is 1. The number of nitrogens with zero attached hydrogens (tertiary/aromatic N) is 3. The van der Waals surface area contributed by atoms with Gasteiger partial charge in [0, 0.05) is 17.5 Å². The number of halogens is 3. The van der Waals surface area contributed by atoms with E-state index in [4.69, 9.17) is 0 Å². The number of amides is 2. The molecule has 1 aliphatic heterocycles. The maximum absolute atomic E-state index is 13.1. The van der Waals surface area contributed by atoms with Crippen LogP contribution < -0.4 is 5.32 Å². The Balaban J connectivity index is 1.72. The maximum atomic E-state index is 13.1. The Morgan fingerprint density at radius 2 is 2.17 bits per heavy atom. The first-order valence-electron chi connectivity index (χ1n) is 7.21. The van der Waals surface area contributed by atoms with Crippen LogP contribution in [0.25, 0.3) is 10.6 Å². The van der Waals surface area contributed by atoms with Gasteiger partial charge in [0.1, 0.15) is 5.01 Å². The fourth-order valence-electron chi connectivity index (χ4n) is 2.95. The second-order valence-electron chi connectivity index (χ2n) is 6.04. The molecule has 0 aromatic carbocycles. The lowest BCUT2D eigenvalue weighted by molar-refractivity contribution is -0.189. The summed E-state index contributed by atoms with van der Waals surface area (Å²) in [7, 11) is 0. The van der Waals surface area contributed by atoms with Crippen molar-refractivity contribution in [3.05, 3.63) is 16.8 Å². The van der Waals surface area contributed by atoms with Gasteiger partial charge in [0.05, 0.1) is 11.5 Å². The third-order valence-electron chi connectivity index (χ3n) is 4.24. The van der Waals surface area contributed by atoms with Crippen LogP contribution in [-0.4, -0.2) is 39.4 Å². The summed E-state index contributed by atoms with van der Waals surface area (Å²) in [5.41, 5.74) is -0.403.